The van der Waals surface area contributed by atoms with Crippen LogP contribution in [0.4, 0.5) is 5.69 Å². The molecule has 1 unspecified atom stereocenters. The second-order valence-corrected chi connectivity index (χ2v) is 8.64. The smallest absolute Gasteiger partial charge is 0.265 e. The van der Waals surface area contributed by atoms with Gasteiger partial charge in [0.05, 0.1) is 17.2 Å². The maximum atomic E-state index is 13.0. The second-order valence-electron chi connectivity index (χ2n) is 6.81. The van der Waals surface area contributed by atoms with E-state index in [4.69, 9.17) is 4.74 Å². The Morgan fingerprint density at radius 1 is 1.27 bits per heavy atom. The number of anilines is 1. The normalized spacial score (nSPS) is 20.7. The molecule has 0 aromatic heterocycles. The molecule has 1 atom stereocenters. The average Bonchev–Trinajstić information content (AvgIpc) is 3.22. The van der Waals surface area contributed by atoms with Crippen LogP contribution in [0.15, 0.2) is 41.3 Å². The SMILES string of the molecule is CCN(CC1CCOC1)C(=O)CN1c2cccc3cccc(c23)S1(=O)=O. The van der Waals surface area contributed by atoms with Crippen molar-refractivity contribution in [1.82, 2.24) is 4.90 Å². The van der Waals surface area contributed by atoms with Gasteiger partial charge < -0.3 is 9.64 Å². The molecule has 2 heterocycles. The van der Waals surface area contributed by atoms with E-state index >= 15 is 0 Å². The van der Waals surface area contributed by atoms with Gasteiger partial charge in [-0.3, -0.25) is 9.10 Å². The van der Waals surface area contributed by atoms with Crippen molar-refractivity contribution >= 4 is 32.4 Å². The molecule has 1 fully saturated rings. The largest absolute Gasteiger partial charge is 0.381 e. The summed E-state index contributed by atoms with van der Waals surface area (Å²) in [5.74, 6) is 0.155. The number of amides is 1. The van der Waals surface area contributed by atoms with Crippen LogP contribution in [0.1, 0.15) is 13.3 Å². The van der Waals surface area contributed by atoms with E-state index in [-0.39, 0.29) is 17.3 Å². The summed E-state index contributed by atoms with van der Waals surface area (Å²) in [7, 11) is -3.70. The van der Waals surface area contributed by atoms with Crippen LogP contribution in [0.3, 0.4) is 0 Å². The lowest BCUT2D eigenvalue weighted by atomic mass is 10.1. The van der Waals surface area contributed by atoms with Crippen molar-refractivity contribution in [3.63, 3.8) is 0 Å². The topological polar surface area (TPSA) is 66.9 Å². The highest BCUT2D eigenvalue weighted by molar-refractivity contribution is 7.93. The van der Waals surface area contributed by atoms with Gasteiger partial charge in [0, 0.05) is 31.0 Å². The van der Waals surface area contributed by atoms with Crippen LogP contribution in [-0.4, -0.2) is 52.1 Å². The van der Waals surface area contributed by atoms with Gasteiger partial charge in [-0.05, 0) is 30.9 Å². The zero-order valence-electron chi connectivity index (χ0n) is 14.7. The minimum atomic E-state index is -3.70. The molecular weight excluding hydrogens is 352 g/mol. The molecule has 4 rings (SSSR count). The third-order valence-corrected chi connectivity index (χ3v) is 7.00. The Labute approximate surface area is 153 Å². The zero-order chi connectivity index (χ0) is 18.3. The number of hydrogen-bond acceptors (Lipinski definition) is 4. The maximum absolute atomic E-state index is 13.0. The van der Waals surface area contributed by atoms with Gasteiger partial charge in [0.2, 0.25) is 5.91 Å². The lowest BCUT2D eigenvalue weighted by molar-refractivity contribution is -0.130. The summed E-state index contributed by atoms with van der Waals surface area (Å²) < 4.78 is 32.6. The van der Waals surface area contributed by atoms with Crippen molar-refractivity contribution in [2.45, 2.75) is 18.2 Å². The molecule has 2 aromatic carbocycles. The molecule has 0 saturated carbocycles. The number of ether oxygens (including phenoxy) is 1. The van der Waals surface area contributed by atoms with Crippen LogP contribution >= 0.6 is 0 Å². The summed E-state index contributed by atoms with van der Waals surface area (Å²) in [6.45, 7) is 4.31. The van der Waals surface area contributed by atoms with Crippen LogP contribution in [0.2, 0.25) is 0 Å². The number of carbonyl (C=O) groups is 1. The van der Waals surface area contributed by atoms with Gasteiger partial charge in [-0.2, -0.15) is 0 Å². The van der Waals surface area contributed by atoms with E-state index in [1.165, 1.54) is 4.31 Å². The number of rotatable bonds is 5. The Kier molecular flexibility index (Phi) is 4.36. The lowest BCUT2D eigenvalue weighted by Crippen LogP contribution is -2.43. The molecule has 0 radical (unpaired) electrons. The Balaban J connectivity index is 1.62. The van der Waals surface area contributed by atoms with Gasteiger partial charge >= 0.3 is 0 Å². The Hall–Kier alpha value is -2.12. The summed E-state index contributed by atoms with van der Waals surface area (Å²) in [6, 6.07) is 10.7. The van der Waals surface area contributed by atoms with Gasteiger partial charge in [-0.15, -0.1) is 0 Å². The van der Waals surface area contributed by atoms with E-state index in [1.807, 2.05) is 25.1 Å². The predicted octanol–water partition coefficient (Wildman–Crippen LogP) is 2.23. The highest BCUT2D eigenvalue weighted by atomic mass is 32.2. The summed E-state index contributed by atoms with van der Waals surface area (Å²) in [5.41, 5.74) is 0.590. The summed E-state index contributed by atoms with van der Waals surface area (Å²) >= 11 is 0. The van der Waals surface area contributed by atoms with Crippen molar-refractivity contribution in [3.05, 3.63) is 36.4 Å². The fraction of sp³-hybridized carbons (Fsp3) is 0.421. The third kappa shape index (κ3) is 2.75. The van der Waals surface area contributed by atoms with Crippen LogP contribution in [0, 0.1) is 5.92 Å². The van der Waals surface area contributed by atoms with Gasteiger partial charge in [0.15, 0.2) is 0 Å². The highest BCUT2D eigenvalue weighted by Gasteiger charge is 2.37. The van der Waals surface area contributed by atoms with Crippen LogP contribution in [0.25, 0.3) is 10.8 Å². The zero-order valence-corrected chi connectivity index (χ0v) is 15.5. The molecule has 0 bridgehead atoms. The number of likely N-dealkylation sites (N-methyl/N-ethyl adjacent to an activating group) is 1. The fourth-order valence-corrected chi connectivity index (χ4v) is 5.46. The average molecular weight is 374 g/mol. The Morgan fingerprint density at radius 3 is 2.73 bits per heavy atom. The molecule has 0 spiro atoms. The molecular formula is C19H22N2O4S. The first-order chi connectivity index (χ1) is 12.5. The van der Waals surface area contributed by atoms with Crippen LogP contribution < -0.4 is 4.31 Å². The number of sulfonamides is 1. The monoisotopic (exact) mass is 374 g/mol. The number of carbonyl (C=O) groups excluding carboxylic acids is 1. The van der Waals surface area contributed by atoms with Crippen molar-refractivity contribution in [2.75, 3.05) is 37.2 Å². The quantitative estimate of drug-likeness (QED) is 0.805. The lowest BCUT2D eigenvalue weighted by Gasteiger charge is -2.27. The van der Waals surface area contributed by atoms with Gasteiger partial charge in [0.1, 0.15) is 6.54 Å². The second kappa shape index (κ2) is 6.55. The molecule has 26 heavy (non-hydrogen) atoms. The third-order valence-electron chi connectivity index (χ3n) is 5.20. The van der Waals surface area contributed by atoms with E-state index in [2.05, 4.69) is 0 Å². The molecule has 1 amide bonds. The minimum absolute atomic E-state index is 0.169. The van der Waals surface area contributed by atoms with E-state index in [0.717, 1.165) is 18.4 Å². The van der Waals surface area contributed by atoms with Crippen LogP contribution in [0.5, 0.6) is 0 Å². The van der Waals surface area contributed by atoms with Crippen molar-refractivity contribution in [1.29, 1.82) is 0 Å². The number of nitrogens with zero attached hydrogens (tertiary/aromatic N) is 2. The molecule has 2 aliphatic rings. The molecule has 2 aliphatic heterocycles. The number of benzene rings is 2. The van der Waals surface area contributed by atoms with E-state index in [9.17, 15) is 13.2 Å². The summed E-state index contributed by atoms with van der Waals surface area (Å²) in [4.78, 5) is 14.9. The molecule has 6 nitrogen and oxygen atoms in total. The molecule has 1 saturated heterocycles. The predicted molar refractivity (Wildman–Crippen MR) is 99.7 cm³/mol. The van der Waals surface area contributed by atoms with Crippen molar-refractivity contribution in [2.24, 2.45) is 5.92 Å². The van der Waals surface area contributed by atoms with Gasteiger partial charge in [-0.25, -0.2) is 8.42 Å². The fourth-order valence-electron chi connectivity index (χ4n) is 3.80. The first-order valence-electron chi connectivity index (χ1n) is 8.92. The highest BCUT2D eigenvalue weighted by Crippen LogP contribution is 2.41. The summed E-state index contributed by atoms with van der Waals surface area (Å²) in [6.07, 6.45) is 0.941. The first kappa shape index (κ1) is 17.3. The Bertz CT molecular complexity index is 946. The van der Waals surface area contributed by atoms with E-state index < -0.39 is 10.0 Å². The minimum Gasteiger partial charge on any atom is -0.381 e. The van der Waals surface area contributed by atoms with E-state index in [1.54, 1.807) is 23.1 Å². The van der Waals surface area contributed by atoms with Crippen molar-refractivity contribution < 1.29 is 17.9 Å². The molecule has 7 heteroatoms. The van der Waals surface area contributed by atoms with E-state index in [0.29, 0.717) is 36.7 Å². The molecule has 2 aromatic rings. The molecule has 0 aliphatic carbocycles. The first-order valence-corrected chi connectivity index (χ1v) is 10.4. The summed E-state index contributed by atoms with van der Waals surface area (Å²) in [5, 5.41) is 1.57. The van der Waals surface area contributed by atoms with Gasteiger partial charge in [0.25, 0.3) is 10.0 Å². The standard InChI is InChI=1S/C19H22N2O4S/c1-2-20(11-14-9-10-25-13-14)18(22)12-21-16-7-3-5-15-6-4-8-17(19(15)16)26(21,23)24/h3-8,14H,2,9-13H2,1H3. The molecule has 0 N–H and O–H groups in total. The molecule has 138 valence electrons. The number of hydrogen-bond donors (Lipinski definition) is 0. The van der Waals surface area contributed by atoms with Crippen molar-refractivity contribution in [3.8, 4) is 0 Å². The Morgan fingerprint density at radius 2 is 2.04 bits per heavy atom. The van der Waals surface area contributed by atoms with Gasteiger partial charge in [-0.1, -0.05) is 24.3 Å². The maximum Gasteiger partial charge on any atom is 0.265 e. The van der Waals surface area contributed by atoms with Crippen LogP contribution in [-0.2, 0) is 19.6 Å².